The third kappa shape index (κ3) is 9.03. The van der Waals surface area contributed by atoms with Gasteiger partial charge in [-0.3, -0.25) is 0 Å². The summed E-state index contributed by atoms with van der Waals surface area (Å²) in [6, 6.07) is 71.6. The molecule has 0 unspecified atom stereocenters. The molecule has 0 aliphatic heterocycles. The van der Waals surface area contributed by atoms with E-state index in [9.17, 15) is 0 Å². The van der Waals surface area contributed by atoms with E-state index >= 15 is 0 Å². The first kappa shape index (κ1) is 43.6. The smallest absolute Gasteiger partial charge is 0.0491 e. The quantitative estimate of drug-likeness (QED) is 0.128. The standard InChI is InChI=1S/C63H59N3/c1-42-10-24-55(25-11-42)64(60-34-12-43(2)38-47(60)6)56-26-16-51(17-27-56)52-18-28-57(29-19-52)65(61-35-13-44(3)39-48(61)7)58-30-20-53(21-31-58)54-22-32-59(33-23-54)66(62-36-14-45(4)40-49(62)8)63-37-15-46(5)41-50(63)9/h10-41H,1-9H3. The molecule has 0 saturated heterocycles. The lowest BCUT2D eigenvalue weighted by atomic mass is 10.0. The molecule has 9 aromatic rings. The van der Waals surface area contributed by atoms with E-state index in [-0.39, 0.29) is 0 Å². The molecule has 0 radical (unpaired) electrons. The second kappa shape index (κ2) is 18.5. The first-order chi connectivity index (χ1) is 31.9. The minimum Gasteiger partial charge on any atom is -0.310 e. The molecule has 0 aliphatic rings. The highest BCUT2D eigenvalue weighted by Gasteiger charge is 2.20. The normalized spacial score (nSPS) is 11.1. The predicted molar refractivity (Wildman–Crippen MR) is 284 cm³/mol. The van der Waals surface area contributed by atoms with Gasteiger partial charge in [-0.2, -0.15) is 0 Å². The minimum atomic E-state index is 1.11. The fourth-order valence-electron chi connectivity index (χ4n) is 9.39. The summed E-state index contributed by atoms with van der Waals surface area (Å²) in [6.07, 6.45) is 0. The van der Waals surface area contributed by atoms with Crippen molar-refractivity contribution in [1.29, 1.82) is 0 Å². The van der Waals surface area contributed by atoms with Crippen LogP contribution in [0.3, 0.4) is 0 Å². The van der Waals surface area contributed by atoms with Crippen molar-refractivity contribution in [2.75, 3.05) is 14.7 Å². The molecule has 0 atom stereocenters. The van der Waals surface area contributed by atoms with E-state index in [2.05, 4.69) is 271 Å². The summed E-state index contributed by atoms with van der Waals surface area (Å²) in [6.45, 7) is 19.6. The van der Waals surface area contributed by atoms with Crippen LogP contribution in [-0.4, -0.2) is 0 Å². The van der Waals surface area contributed by atoms with Crippen LogP contribution in [0.2, 0.25) is 0 Å². The van der Waals surface area contributed by atoms with E-state index in [1.807, 2.05) is 0 Å². The maximum Gasteiger partial charge on any atom is 0.0491 e. The lowest BCUT2D eigenvalue weighted by Gasteiger charge is -2.29. The first-order valence-electron chi connectivity index (χ1n) is 23.1. The SMILES string of the molecule is Cc1ccc(N(c2ccc(-c3ccc(N(c4ccc(-c5ccc(N(c6ccc(C)cc6C)c6ccc(C)cc6C)cc5)cc4)c4ccc(C)cc4C)cc3)cc2)c2ccc(C)cc2C)cc1. The monoisotopic (exact) mass is 857 g/mol. The van der Waals surface area contributed by atoms with Crippen molar-refractivity contribution in [1.82, 2.24) is 0 Å². The maximum atomic E-state index is 2.39. The molecule has 3 nitrogen and oxygen atoms in total. The largest absolute Gasteiger partial charge is 0.310 e. The van der Waals surface area contributed by atoms with Crippen molar-refractivity contribution in [3.63, 3.8) is 0 Å². The Hall–Kier alpha value is -7.62. The molecule has 0 aliphatic carbocycles. The van der Waals surface area contributed by atoms with Gasteiger partial charge in [-0.1, -0.05) is 137 Å². The summed E-state index contributed by atoms with van der Waals surface area (Å²) in [4.78, 5) is 7.13. The molecule has 0 aromatic heterocycles. The molecule has 0 bridgehead atoms. The number of hydrogen-bond donors (Lipinski definition) is 0. The van der Waals surface area contributed by atoms with Crippen LogP contribution in [0.25, 0.3) is 22.3 Å². The minimum absolute atomic E-state index is 1.11. The van der Waals surface area contributed by atoms with E-state index in [1.165, 1.54) is 89.4 Å². The summed E-state index contributed by atoms with van der Waals surface area (Å²) < 4.78 is 0. The molecule has 0 heterocycles. The van der Waals surface area contributed by atoms with Crippen molar-refractivity contribution in [3.8, 4) is 22.3 Å². The summed E-state index contributed by atoms with van der Waals surface area (Å²) in [7, 11) is 0. The lowest BCUT2D eigenvalue weighted by molar-refractivity contribution is 1.21. The molecule has 9 aromatic carbocycles. The maximum absolute atomic E-state index is 2.39. The number of benzene rings is 9. The van der Waals surface area contributed by atoms with Gasteiger partial charge >= 0.3 is 0 Å². The fourth-order valence-corrected chi connectivity index (χ4v) is 9.39. The van der Waals surface area contributed by atoms with E-state index in [0.29, 0.717) is 0 Å². The second-order valence-corrected chi connectivity index (χ2v) is 18.2. The van der Waals surface area contributed by atoms with Crippen LogP contribution in [0.1, 0.15) is 50.1 Å². The highest BCUT2D eigenvalue weighted by molar-refractivity contribution is 5.85. The number of nitrogens with zero attached hydrogens (tertiary/aromatic N) is 3. The van der Waals surface area contributed by atoms with E-state index in [0.717, 1.165) is 34.1 Å². The van der Waals surface area contributed by atoms with Crippen LogP contribution in [0.5, 0.6) is 0 Å². The van der Waals surface area contributed by atoms with Crippen molar-refractivity contribution in [2.45, 2.75) is 62.3 Å². The molecule has 0 saturated carbocycles. The molecule has 9 rings (SSSR count). The summed E-state index contributed by atoms with van der Waals surface area (Å²) in [5.74, 6) is 0. The summed E-state index contributed by atoms with van der Waals surface area (Å²) >= 11 is 0. The average molecular weight is 858 g/mol. The number of hydrogen-bond acceptors (Lipinski definition) is 3. The number of rotatable bonds is 11. The fraction of sp³-hybridized carbons (Fsp3) is 0.143. The summed E-state index contributed by atoms with van der Waals surface area (Å²) in [5, 5.41) is 0. The van der Waals surface area contributed by atoms with Crippen molar-refractivity contribution in [3.05, 3.63) is 244 Å². The molecule has 3 heteroatoms. The van der Waals surface area contributed by atoms with Gasteiger partial charge in [0.2, 0.25) is 0 Å². The van der Waals surface area contributed by atoms with E-state index < -0.39 is 0 Å². The molecule has 66 heavy (non-hydrogen) atoms. The first-order valence-corrected chi connectivity index (χ1v) is 23.1. The van der Waals surface area contributed by atoms with Crippen LogP contribution >= 0.6 is 0 Å². The van der Waals surface area contributed by atoms with Crippen molar-refractivity contribution < 1.29 is 0 Å². The Morgan fingerprint density at radius 1 is 0.197 bits per heavy atom. The Labute approximate surface area is 392 Å². The summed E-state index contributed by atoms with van der Waals surface area (Å²) in [5.41, 5.74) is 26.3. The zero-order chi connectivity index (χ0) is 46.1. The lowest BCUT2D eigenvalue weighted by Crippen LogP contribution is -2.13. The van der Waals surface area contributed by atoms with E-state index in [1.54, 1.807) is 0 Å². The van der Waals surface area contributed by atoms with Crippen LogP contribution < -0.4 is 14.7 Å². The highest BCUT2D eigenvalue weighted by atomic mass is 15.2. The van der Waals surface area contributed by atoms with Gasteiger partial charge in [0.25, 0.3) is 0 Å². The number of anilines is 9. The number of aryl methyl sites for hydroxylation is 9. The molecule has 0 fully saturated rings. The zero-order valence-electron chi connectivity index (χ0n) is 39.8. The van der Waals surface area contributed by atoms with Gasteiger partial charge in [0.15, 0.2) is 0 Å². The molecule has 326 valence electrons. The van der Waals surface area contributed by atoms with Crippen molar-refractivity contribution >= 4 is 51.2 Å². The van der Waals surface area contributed by atoms with Gasteiger partial charge in [0.05, 0.1) is 0 Å². The Morgan fingerprint density at radius 3 is 0.636 bits per heavy atom. The third-order valence-corrected chi connectivity index (χ3v) is 12.8. The molecular formula is C63H59N3. The zero-order valence-corrected chi connectivity index (χ0v) is 39.8. The van der Waals surface area contributed by atoms with Crippen LogP contribution in [0.15, 0.2) is 194 Å². The highest BCUT2D eigenvalue weighted by Crippen LogP contribution is 2.42. The molecular weight excluding hydrogens is 799 g/mol. The molecule has 0 spiro atoms. The Bertz CT molecular complexity index is 3090. The average Bonchev–Trinajstić information content (AvgIpc) is 3.31. The van der Waals surface area contributed by atoms with Crippen LogP contribution in [-0.2, 0) is 0 Å². The second-order valence-electron chi connectivity index (χ2n) is 18.2. The van der Waals surface area contributed by atoms with Gasteiger partial charge in [-0.15, -0.1) is 0 Å². The molecule has 0 N–H and O–H groups in total. The van der Waals surface area contributed by atoms with Gasteiger partial charge in [0, 0.05) is 51.2 Å². The predicted octanol–water partition coefficient (Wildman–Crippen LogP) is 18.2. The Balaban J connectivity index is 1.01. The van der Waals surface area contributed by atoms with Gasteiger partial charge in [-0.25, -0.2) is 0 Å². The third-order valence-electron chi connectivity index (χ3n) is 12.8. The van der Waals surface area contributed by atoms with Gasteiger partial charge < -0.3 is 14.7 Å². The topological polar surface area (TPSA) is 9.72 Å². The Morgan fingerprint density at radius 2 is 0.394 bits per heavy atom. The molecule has 0 amide bonds. The van der Waals surface area contributed by atoms with Gasteiger partial charge in [-0.05, 0) is 192 Å². The van der Waals surface area contributed by atoms with Gasteiger partial charge in [0.1, 0.15) is 0 Å². The van der Waals surface area contributed by atoms with E-state index in [4.69, 9.17) is 0 Å². The van der Waals surface area contributed by atoms with Crippen LogP contribution in [0, 0.1) is 62.3 Å². The Kier molecular flexibility index (Phi) is 12.2. The van der Waals surface area contributed by atoms with Crippen LogP contribution in [0.4, 0.5) is 51.2 Å². The van der Waals surface area contributed by atoms with Crippen molar-refractivity contribution in [2.24, 2.45) is 0 Å².